The van der Waals surface area contributed by atoms with E-state index in [1.165, 1.54) is 0 Å². The fourth-order valence-corrected chi connectivity index (χ4v) is 2.77. The molecular formula is C16H24N4O3. The first kappa shape index (κ1) is 17.2. The normalized spacial score (nSPS) is 20.4. The number of aromatic nitrogens is 1. The van der Waals surface area contributed by atoms with Crippen molar-refractivity contribution in [3.05, 3.63) is 23.9 Å². The van der Waals surface area contributed by atoms with E-state index < -0.39 is 0 Å². The van der Waals surface area contributed by atoms with Gasteiger partial charge in [-0.15, -0.1) is 0 Å². The molecular weight excluding hydrogens is 296 g/mol. The first-order chi connectivity index (χ1) is 11.0. The van der Waals surface area contributed by atoms with E-state index in [4.69, 9.17) is 4.74 Å². The molecule has 0 bridgehead atoms. The number of hydrogen-bond acceptors (Lipinski definition) is 5. The highest BCUT2D eigenvalue weighted by molar-refractivity contribution is 5.94. The summed E-state index contributed by atoms with van der Waals surface area (Å²) in [5, 5.41) is 2.62. The molecule has 2 atom stereocenters. The second-order valence-corrected chi connectivity index (χ2v) is 5.92. The topological polar surface area (TPSA) is 74.8 Å². The van der Waals surface area contributed by atoms with E-state index in [-0.39, 0.29) is 23.8 Å². The number of carbonyl (C=O) groups excluding carboxylic acids is 2. The third-order valence-corrected chi connectivity index (χ3v) is 4.15. The second-order valence-electron chi connectivity index (χ2n) is 5.92. The molecule has 1 aliphatic heterocycles. The number of methoxy groups -OCH3 is 1. The quantitative estimate of drug-likeness (QED) is 0.848. The lowest BCUT2D eigenvalue weighted by molar-refractivity contribution is -0.122. The SMILES string of the molecule is CNC(=O)C[C@@H]1CN(C(=O)c2ccc(N(C)C)nc2)C[C@@H]1OC. The van der Waals surface area contributed by atoms with E-state index in [1.807, 2.05) is 25.1 Å². The maximum Gasteiger partial charge on any atom is 0.255 e. The summed E-state index contributed by atoms with van der Waals surface area (Å²) in [6.07, 6.45) is 1.83. The van der Waals surface area contributed by atoms with Crippen LogP contribution in [-0.2, 0) is 9.53 Å². The Balaban J connectivity index is 2.06. The summed E-state index contributed by atoms with van der Waals surface area (Å²) < 4.78 is 5.44. The van der Waals surface area contributed by atoms with Gasteiger partial charge in [-0.1, -0.05) is 0 Å². The monoisotopic (exact) mass is 320 g/mol. The van der Waals surface area contributed by atoms with Gasteiger partial charge < -0.3 is 19.9 Å². The molecule has 23 heavy (non-hydrogen) atoms. The van der Waals surface area contributed by atoms with Crippen LogP contribution in [0.3, 0.4) is 0 Å². The van der Waals surface area contributed by atoms with E-state index in [2.05, 4.69) is 10.3 Å². The number of likely N-dealkylation sites (tertiary alicyclic amines) is 1. The lowest BCUT2D eigenvalue weighted by Crippen LogP contribution is -2.30. The van der Waals surface area contributed by atoms with Crippen LogP contribution in [0.25, 0.3) is 0 Å². The number of hydrogen-bond donors (Lipinski definition) is 1. The molecule has 0 aliphatic carbocycles. The molecule has 1 aromatic rings. The predicted octanol–water partition coefficient (Wildman–Crippen LogP) is 0.371. The van der Waals surface area contributed by atoms with Crippen molar-refractivity contribution >= 4 is 17.6 Å². The van der Waals surface area contributed by atoms with Gasteiger partial charge in [-0.05, 0) is 12.1 Å². The van der Waals surface area contributed by atoms with Gasteiger partial charge in [-0.3, -0.25) is 9.59 Å². The van der Waals surface area contributed by atoms with E-state index in [1.54, 1.807) is 31.3 Å². The Kier molecular flexibility index (Phi) is 5.54. The number of nitrogens with one attached hydrogen (secondary N) is 1. The predicted molar refractivity (Wildman–Crippen MR) is 87.4 cm³/mol. The minimum absolute atomic E-state index is 0.0120. The van der Waals surface area contributed by atoms with Gasteiger partial charge in [0, 0.05) is 59.9 Å². The Hall–Kier alpha value is -2.15. The van der Waals surface area contributed by atoms with Gasteiger partial charge in [0.15, 0.2) is 0 Å². The minimum atomic E-state index is -0.120. The Bertz CT molecular complexity index is 559. The molecule has 7 nitrogen and oxygen atoms in total. The van der Waals surface area contributed by atoms with Gasteiger partial charge >= 0.3 is 0 Å². The molecule has 2 heterocycles. The Labute approximate surface area is 136 Å². The van der Waals surface area contributed by atoms with Crippen LogP contribution in [0, 0.1) is 5.92 Å². The van der Waals surface area contributed by atoms with Gasteiger partial charge in [-0.25, -0.2) is 4.98 Å². The summed E-state index contributed by atoms with van der Waals surface area (Å²) in [5.41, 5.74) is 0.547. The van der Waals surface area contributed by atoms with Crippen LogP contribution >= 0.6 is 0 Å². The molecule has 0 unspecified atom stereocenters. The smallest absolute Gasteiger partial charge is 0.255 e. The average molecular weight is 320 g/mol. The number of anilines is 1. The molecule has 2 amide bonds. The van der Waals surface area contributed by atoms with Crippen LogP contribution in [0.2, 0.25) is 0 Å². The van der Waals surface area contributed by atoms with Crippen molar-refractivity contribution < 1.29 is 14.3 Å². The fraction of sp³-hybridized carbons (Fsp3) is 0.562. The number of amides is 2. The number of rotatable bonds is 5. The van der Waals surface area contributed by atoms with Crippen molar-refractivity contribution in [2.45, 2.75) is 12.5 Å². The average Bonchev–Trinajstić information content (AvgIpc) is 2.96. The number of pyridine rings is 1. The van der Waals surface area contributed by atoms with Gasteiger partial charge in [0.1, 0.15) is 5.82 Å². The molecule has 1 aliphatic rings. The first-order valence-corrected chi connectivity index (χ1v) is 7.62. The van der Waals surface area contributed by atoms with Crippen molar-refractivity contribution in [1.82, 2.24) is 15.2 Å². The molecule has 1 N–H and O–H groups in total. The van der Waals surface area contributed by atoms with Crippen molar-refractivity contribution in [1.29, 1.82) is 0 Å². The fourth-order valence-electron chi connectivity index (χ4n) is 2.77. The molecule has 0 aromatic carbocycles. The minimum Gasteiger partial charge on any atom is -0.379 e. The van der Waals surface area contributed by atoms with Crippen molar-refractivity contribution in [2.24, 2.45) is 5.92 Å². The van der Waals surface area contributed by atoms with Gasteiger partial charge in [0.05, 0.1) is 11.7 Å². The van der Waals surface area contributed by atoms with Crippen LogP contribution in [0.5, 0.6) is 0 Å². The number of nitrogens with zero attached hydrogens (tertiary/aromatic N) is 3. The highest BCUT2D eigenvalue weighted by atomic mass is 16.5. The lowest BCUT2D eigenvalue weighted by atomic mass is 10.0. The highest BCUT2D eigenvalue weighted by Gasteiger charge is 2.36. The van der Waals surface area contributed by atoms with Gasteiger partial charge in [0.2, 0.25) is 5.91 Å². The second kappa shape index (κ2) is 7.41. The molecule has 0 saturated carbocycles. The van der Waals surface area contributed by atoms with Crippen molar-refractivity contribution in [3.63, 3.8) is 0 Å². The Morgan fingerprint density at radius 3 is 2.65 bits per heavy atom. The molecule has 126 valence electrons. The van der Waals surface area contributed by atoms with Crippen molar-refractivity contribution in [3.8, 4) is 0 Å². The molecule has 0 spiro atoms. The third-order valence-electron chi connectivity index (χ3n) is 4.15. The summed E-state index contributed by atoms with van der Waals surface area (Å²) in [6.45, 7) is 1.01. The Morgan fingerprint density at radius 1 is 1.39 bits per heavy atom. The molecule has 1 fully saturated rings. The van der Waals surface area contributed by atoms with Gasteiger partial charge in [-0.2, -0.15) is 0 Å². The van der Waals surface area contributed by atoms with Crippen LogP contribution in [0.1, 0.15) is 16.8 Å². The molecule has 7 heteroatoms. The maximum atomic E-state index is 12.6. The van der Waals surface area contributed by atoms with Crippen molar-refractivity contribution in [2.75, 3.05) is 46.2 Å². The Morgan fingerprint density at radius 2 is 2.13 bits per heavy atom. The van der Waals surface area contributed by atoms with Crippen LogP contribution in [0.4, 0.5) is 5.82 Å². The standard InChI is InChI=1S/C16H24N4O3/c1-17-15(21)7-12-9-20(10-13(12)23-4)16(22)11-5-6-14(18-8-11)19(2)3/h5-6,8,12-13H,7,9-10H2,1-4H3,(H,17,21)/t12-,13+/m1/s1. The zero-order chi connectivity index (χ0) is 17.0. The molecule has 0 radical (unpaired) electrons. The first-order valence-electron chi connectivity index (χ1n) is 7.62. The van der Waals surface area contributed by atoms with E-state index >= 15 is 0 Å². The molecule has 1 saturated heterocycles. The maximum absolute atomic E-state index is 12.6. The largest absolute Gasteiger partial charge is 0.379 e. The van der Waals surface area contributed by atoms with Crippen LogP contribution in [0.15, 0.2) is 18.3 Å². The number of ether oxygens (including phenoxy) is 1. The highest BCUT2D eigenvalue weighted by Crippen LogP contribution is 2.24. The summed E-state index contributed by atoms with van der Waals surface area (Å²) in [5.74, 6) is 0.695. The van der Waals surface area contributed by atoms with E-state index in [9.17, 15) is 9.59 Å². The summed E-state index contributed by atoms with van der Waals surface area (Å²) >= 11 is 0. The third kappa shape index (κ3) is 3.98. The van der Waals surface area contributed by atoms with E-state index in [0.717, 1.165) is 5.82 Å². The zero-order valence-electron chi connectivity index (χ0n) is 14.1. The van der Waals surface area contributed by atoms with Crippen LogP contribution in [-0.4, -0.2) is 69.1 Å². The molecule has 2 rings (SSSR count). The van der Waals surface area contributed by atoms with Gasteiger partial charge in [0.25, 0.3) is 5.91 Å². The lowest BCUT2D eigenvalue weighted by Gasteiger charge is -2.17. The summed E-state index contributed by atoms with van der Waals surface area (Å²) in [7, 11) is 7.02. The zero-order valence-corrected chi connectivity index (χ0v) is 14.1. The summed E-state index contributed by atoms with van der Waals surface area (Å²) in [6, 6.07) is 3.59. The molecule has 1 aromatic heterocycles. The van der Waals surface area contributed by atoms with Crippen LogP contribution < -0.4 is 10.2 Å². The number of carbonyl (C=O) groups is 2. The van der Waals surface area contributed by atoms with E-state index in [0.29, 0.717) is 25.1 Å². The summed E-state index contributed by atoms with van der Waals surface area (Å²) in [4.78, 5) is 32.1.